The van der Waals surface area contributed by atoms with Crippen LogP contribution >= 0.6 is 15.4 Å². The van der Waals surface area contributed by atoms with Crippen LogP contribution in [0.1, 0.15) is 162 Å². The molecule has 0 bridgehead atoms. The molecule has 0 fully saturated rings. The summed E-state index contributed by atoms with van der Waals surface area (Å²) in [6.07, 6.45) is 25.9. The molecular weight excluding hydrogens is 522 g/mol. The summed E-state index contributed by atoms with van der Waals surface area (Å²) in [6, 6.07) is 0. The molecule has 0 aliphatic heterocycles. The van der Waals surface area contributed by atoms with Gasteiger partial charge in [0.25, 0.3) is 0 Å². The Hall–Kier alpha value is 0.260. The van der Waals surface area contributed by atoms with Crippen LogP contribution in [0, 0.1) is 0 Å². The number of phosphoric ester groups is 1. The molecule has 0 radical (unpaired) electrons. The van der Waals surface area contributed by atoms with Crippen molar-refractivity contribution in [2.45, 2.75) is 162 Å². The molecule has 7 nitrogen and oxygen atoms in total. The summed E-state index contributed by atoms with van der Waals surface area (Å²) in [5.41, 5.74) is 0. The van der Waals surface area contributed by atoms with Crippen LogP contribution < -0.4 is 0 Å². The molecule has 0 aliphatic rings. The summed E-state index contributed by atoms with van der Waals surface area (Å²) in [4.78, 5) is 19.7. The molecule has 2 atom stereocenters. The van der Waals surface area contributed by atoms with Crippen LogP contribution in [-0.4, -0.2) is 35.8 Å². The Balaban J connectivity index is 3.52. The van der Waals surface area contributed by atoms with E-state index in [0.29, 0.717) is 19.3 Å². The van der Waals surface area contributed by atoms with E-state index in [9.17, 15) is 18.9 Å². The monoisotopic (exact) mass is 584 g/mol. The van der Waals surface area contributed by atoms with E-state index in [4.69, 9.17) is 13.6 Å². The Bertz CT molecular complexity index is 589. The summed E-state index contributed by atoms with van der Waals surface area (Å²) >= 11 is 0. The fraction of sp³-hybridized carbons (Fsp3) is 1.00. The minimum atomic E-state index is -4.00. The maximum Gasteiger partial charge on any atom is 0.472 e. The molecular formula is C29H62O7P2. The van der Waals surface area contributed by atoms with Crippen LogP contribution in [0.3, 0.4) is 0 Å². The van der Waals surface area contributed by atoms with Crippen molar-refractivity contribution in [3.8, 4) is 0 Å². The predicted molar refractivity (Wildman–Crippen MR) is 160 cm³/mol. The summed E-state index contributed by atoms with van der Waals surface area (Å²) in [6.45, 7) is 5.04. The highest BCUT2D eigenvalue weighted by molar-refractivity contribution is 7.52. The summed E-state index contributed by atoms with van der Waals surface area (Å²) in [5, 5.41) is 0. The van der Waals surface area contributed by atoms with Gasteiger partial charge in [-0.05, 0) is 32.1 Å². The van der Waals surface area contributed by atoms with Gasteiger partial charge in [-0.3, -0.25) is 13.6 Å². The Labute approximate surface area is 235 Å². The summed E-state index contributed by atoms with van der Waals surface area (Å²) < 4.78 is 39.4. The highest BCUT2D eigenvalue weighted by Crippen LogP contribution is 2.44. The first-order valence-electron chi connectivity index (χ1n) is 15.9. The van der Waals surface area contributed by atoms with Crippen LogP contribution in [-0.2, 0) is 22.7 Å². The lowest BCUT2D eigenvalue weighted by molar-refractivity contribution is 0.144. The second-order valence-electron chi connectivity index (χ2n) is 10.8. The highest BCUT2D eigenvalue weighted by atomic mass is 31.2. The molecule has 0 aliphatic carbocycles. The van der Waals surface area contributed by atoms with E-state index < -0.39 is 15.4 Å². The lowest BCUT2D eigenvalue weighted by Crippen LogP contribution is -2.00. The van der Waals surface area contributed by atoms with Crippen molar-refractivity contribution < 1.29 is 32.5 Å². The topological polar surface area (TPSA) is 102 Å². The summed E-state index contributed by atoms with van der Waals surface area (Å²) in [7, 11) is -7.51. The van der Waals surface area contributed by atoms with E-state index in [1.165, 1.54) is 89.9 Å². The van der Waals surface area contributed by atoms with E-state index in [2.05, 4.69) is 13.8 Å². The quantitative estimate of drug-likeness (QED) is 0.0617. The van der Waals surface area contributed by atoms with Crippen molar-refractivity contribution in [1.29, 1.82) is 0 Å². The molecule has 2 unspecified atom stereocenters. The zero-order valence-electron chi connectivity index (χ0n) is 24.9. The van der Waals surface area contributed by atoms with E-state index in [-0.39, 0.29) is 26.0 Å². The van der Waals surface area contributed by atoms with E-state index in [1.807, 2.05) is 0 Å². The fourth-order valence-electron chi connectivity index (χ4n) is 4.44. The summed E-state index contributed by atoms with van der Waals surface area (Å²) in [5.74, 6) is 0. The van der Waals surface area contributed by atoms with Gasteiger partial charge in [0.05, 0.1) is 19.8 Å². The van der Waals surface area contributed by atoms with Gasteiger partial charge in [-0.2, -0.15) is 0 Å². The molecule has 0 aromatic carbocycles. The van der Waals surface area contributed by atoms with Crippen molar-refractivity contribution in [1.82, 2.24) is 0 Å². The largest absolute Gasteiger partial charge is 0.472 e. The first-order chi connectivity index (χ1) is 18.3. The average Bonchev–Trinajstić information content (AvgIpc) is 2.87. The molecule has 38 heavy (non-hydrogen) atoms. The number of rotatable bonds is 31. The third kappa shape index (κ3) is 29.2. The number of unbranched alkanes of at least 4 members (excludes halogenated alkanes) is 20. The first kappa shape index (κ1) is 38.3. The Morgan fingerprint density at radius 3 is 1.11 bits per heavy atom. The van der Waals surface area contributed by atoms with Gasteiger partial charge in [0, 0.05) is 6.16 Å². The van der Waals surface area contributed by atoms with Gasteiger partial charge >= 0.3 is 15.4 Å². The third-order valence-corrected chi connectivity index (χ3v) is 9.37. The first-order valence-corrected chi connectivity index (χ1v) is 19.2. The third-order valence-electron chi connectivity index (χ3n) is 6.88. The highest BCUT2D eigenvalue weighted by Gasteiger charge is 2.20. The molecule has 0 saturated carbocycles. The number of hydrogen-bond acceptors (Lipinski definition) is 5. The lowest BCUT2D eigenvalue weighted by atomic mass is 10.1. The van der Waals surface area contributed by atoms with Crippen molar-refractivity contribution in [2.24, 2.45) is 0 Å². The van der Waals surface area contributed by atoms with Crippen LogP contribution in [0.2, 0.25) is 0 Å². The van der Waals surface area contributed by atoms with Gasteiger partial charge in [-0.25, -0.2) is 4.57 Å². The van der Waals surface area contributed by atoms with Gasteiger partial charge in [-0.15, -0.1) is 0 Å². The lowest BCUT2D eigenvalue weighted by Gasteiger charge is -2.13. The maximum atomic E-state index is 12.1. The molecule has 0 rings (SSSR count). The Morgan fingerprint density at radius 2 is 0.711 bits per heavy atom. The predicted octanol–water partition coefficient (Wildman–Crippen LogP) is 10.3. The molecule has 9 heteroatoms. The molecule has 0 aromatic heterocycles. The van der Waals surface area contributed by atoms with Gasteiger partial charge in [-0.1, -0.05) is 129 Å². The normalized spacial score (nSPS) is 14.9. The Kier molecular flexibility index (Phi) is 27.6. The number of hydrogen-bond donors (Lipinski definition) is 2. The zero-order valence-corrected chi connectivity index (χ0v) is 26.7. The SMILES string of the molecule is CCCCCCCCCCCCOP(=O)(O)OCCCCCOP(=O)(O)CCCCCCCCCCCC. The molecule has 2 N–H and O–H groups in total. The van der Waals surface area contributed by atoms with E-state index >= 15 is 0 Å². The molecule has 0 aromatic rings. The standard InChI is InChI=1S/C29H62O7P2/c1-3-5-7-9-11-13-15-17-19-22-27-35-38(32,33)36-28-24-21-23-26-34-37(30,31)29-25-20-18-16-14-12-10-8-6-4-2/h3-29H2,1-2H3,(H,30,31)(H,32,33). The Morgan fingerprint density at radius 1 is 0.421 bits per heavy atom. The minimum Gasteiger partial charge on any atom is -0.324 e. The van der Waals surface area contributed by atoms with Crippen LogP contribution in [0.5, 0.6) is 0 Å². The van der Waals surface area contributed by atoms with Gasteiger partial charge in [0.1, 0.15) is 0 Å². The average molecular weight is 585 g/mol. The fourth-order valence-corrected chi connectivity index (χ4v) is 6.40. The maximum absolute atomic E-state index is 12.1. The van der Waals surface area contributed by atoms with Crippen molar-refractivity contribution in [3.05, 3.63) is 0 Å². The molecule has 0 heterocycles. The van der Waals surface area contributed by atoms with Gasteiger partial charge in [0.15, 0.2) is 0 Å². The van der Waals surface area contributed by atoms with Gasteiger partial charge < -0.3 is 14.3 Å². The van der Waals surface area contributed by atoms with Crippen molar-refractivity contribution in [2.75, 3.05) is 26.0 Å². The minimum absolute atomic E-state index is 0.126. The molecule has 230 valence electrons. The molecule has 0 amide bonds. The van der Waals surface area contributed by atoms with Gasteiger partial charge in [0.2, 0.25) is 0 Å². The number of phosphoric acid groups is 1. The van der Waals surface area contributed by atoms with Crippen LogP contribution in [0.25, 0.3) is 0 Å². The van der Waals surface area contributed by atoms with Crippen LogP contribution in [0.4, 0.5) is 0 Å². The molecule has 0 saturated heterocycles. The zero-order chi connectivity index (χ0) is 28.2. The molecule has 0 spiro atoms. The van der Waals surface area contributed by atoms with E-state index in [0.717, 1.165) is 38.5 Å². The van der Waals surface area contributed by atoms with Crippen molar-refractivity contribution >= 4 is 15.4 Å². The van der Waals surface area contributed by atoms with Crippen molar-refractivity contribution in [3.63, 3.8) is 0 Å². The second kappa shape index (κ2) is 27.4. The smallest absolute Gasteiger partial charge is 0.324 e. The van der Waals surface area contributed by atoms with Crippen LogP contribution in [0.15, 0.2) is 0 Å². The second-order valence-corrected chi connectivity index (χ2v) is 14.2. The van der Waals surface area contributed by atoms with E-state index in [1.54, 1.807) is 0 Å².